The minimum Gasteiger partial charge on any atom is -0.497 e. The predicted octanol–water partition coefficient (Wildman–Crippen LogP) is 7.64. The number of carbonyl (C=O) groups excluding carboxylic acids is 1. The molecule has 0 fully saturated rings. The van der Waals surface area contributed by atoms with Crippen LogP contribution < -0.4 is 10.1 Å². The summed E-state index contributed by atoms with van der Waals surface area (Å²) in [5.41, 5.74) is 5.77. The van der Waals surface area contributed by atoms with Crippen molar-refractivity contribution in [1.29, 1.82) is 0 Å². The van der Waals surface area contributed by atoms with Crippen LogP contribution in [-0.4, -0.2) is 13.0 Å². The molecule has 0 atom stereocenters. The van der Waals surface area contributed by atoms with Gasteiger partial charge in [-0.1, -0.05) is 49.8 Å². The van der Waals surface area contributed by atoms with Gasteiger partial charge in [0.2, 0.25) is 0 Å². The normalized spacial score (nSPS) is 15.9. The Hall–Kier alpha value is -3.33. The van der Waals surface area contributed by atoms with Crippen molar-refractivity contribution in [3.05, 3.63) is 89.0 Å². The first-order valence-electron chi connectivity index (χ1n) is 11.2. The van der Waals surface area contributed by atoms with Crippen LogP contribution in [0.5, 0.6) is 5.75 Å². The third-order valence-electron chi connectivity index (χ3n) is 6.46. The van der Waals surface area contributed by atoms with E-state index in [0.717, 1.165) is 22.2 Å². The highest BCUT2D eigenvalue weighted by Crippen LogP contribution is 2.41. The van der Waals surface area contributed by atoms with Crippen LogP contribution >= 0.6 is 0 Å². The van der Waals surface area contributed by atoms with Crippen LogP contribution in [0.1, 0.15) is 56.0 Å². The fourth-order valence-corrected chi connectivity index (χ4v) is 4.58. The van der Waals surface area contributed by atoms with Gasteiger partial charge in [0.25, 0.3) is 5.91 Å². The molecule has 3 nitrogen and oxygen atoms in total. The molecule has 0 saturated heterocycles. The number of carbonyl (C=O) groups is 1. The van der Waals surface area contributed by atoms with Gasteiger partial charge in [-0.3, -0.25) is 4.79 Å². The number of methoxy groups -OCH3 is 1. The Morgan fingerprint density at radius 2 is 1.69 bits per heavy atom. The summed E-state index contributed by atoms with van der Waals surface area (Å²) in [5.74, 6) is 0.639. The van der Waals surface area contributed by atoms with Gasteiger partial charge < -0.3 is 10.1 Å². The molecule has 0 saturated carbocycles. The lowest BCUT2D eigenvalue weighted by Gasteiger charge is -2.32. The fourth-order valence-electron chi connectivity index (χ4n) is 4.58. The fraction of sp³-hybridized carbons (Fsp3) is 0.276. The van der Waals surface area contributed by atoms with Crippen molar-refractivity contribution < 1.29 is 9.53 Å². The van der Waals surface area contributed by atoms with Crippen LogP contribution in [0.15, 0.2) is 77.9 Å². The van der Waals surface area contributed by atoms with Crippen molar-refractivity contribution in [3.63, 3.8) is 0 Å². The minimum absolute atomic E-state index is 0.122. The van der Waals surface area contributed by atoms with Gasteiger partial charge in [-0.05, 0) is 96.0 Å². The van der Waals surface area contributed by atoms with Crippen LogP contribution in [-0.2, 0) is 0 Å². The molecule has 4 rings (SSSR count). The van der Waals surface area contributed by atoms with Crippen molar-refractivity contribution in [2.45, 2.75) is 40.0 Å². The number of nitrogens with one attached hydrogen (secondary N) is 1. The molecule has 32 heavy (non-hydrogen) atoms. The van der Waals surface area contributed by atoms with E-state index in [1.807, 2.05) is 42.5 Å². The lowest BCUT2D eigenvalue weighted by atomic mass is 9.72. The zero-order valence-corrected chi connectivity index (χ0v) is 19.4. The lowest BCUT2D eigenvalue weighted by Crippen LogP contribution is -2.18. The number of hydrogen-bond acceptors (Lipinski definition) is 2. The third kappa shape index (κ3) is 4.77. The number of benzene rings is 3. The number of anilines is 1. The maximum absolute atomic E-state index is 12.7. The summed E-state index contributed by atoms with van der Waals surface area (Å²) in [6, 6.07) is 19.6. The van der Waals surface area contributed by atoms with E-state index >= 15 is 0 Å². The van der Waals surface area contributed by atoms with Crippen LogP contribution in [0, 0.1) is 5.41 Å². The first-order valence-corrected chi connectivity index (χ1v) is 11.2. The molecule has 0 spiro atoms. The molecule has 1 amide bonds. The van der Waals surface area contributed by atoms with Crippen molar-refractivity contribution in [1.82, 2.24) is 0 Å². The summed E-state index contributed by atoms with van der Waals surface area (Å²) in [4.78, 5) is 12.7. The number of fused-ring (bicyclic) bond motifs is 1. The monoisotopic (exact) mass is 425 g/mol. The van der Waals surface area contributed by atoms with Crippen LogP contribution in [0.3, 0.4) is 0 Å². The Labute approximate surface area is 190 Å². The number of ether oxygens (including phenoxy) is 1. The molecule has 3 heteroatoms. The maximum atomic E-state index is 12.7. The molecular formula is C29H31NO2. The first kappa shape index (κ1) is 21.9. The average Bonchev–Trinajstić information content (AvgIpc) is 2.78. The van der Waals surface area contributed by atoms with Crippen LogP contribution in [0.4, 0.5) is 5.69 Å². The second-order valence-corrected chi connectivity index (χ2v) is 9.27. The quantitative estimate of drug-likeness (QED) is 0.456. The van der Waals surface area contributed by atoms with Gasteiger partial charge in [-0.2, -0.15) is 0 Å². The summed E-state index contributed by atoms with van der Waals surface area (Å²) < 4.78 is 5.16. The van der Waals surface area contributed by atoms with Gasteiger partial charge in [0.1, 0.15) is 5.75 Å². The molecule has 0 radical (unpaired) electrons. The number of allylic oxidation sites excluding steroid dienone is 3. The SMILES string of the molecule is COc1ccc(NC(=O)c2ccc3cc(C=CC4=C(C)CCCC4(C)C)ccc3c2)cc1. The second-order valence-electron chi connectivity index (χ2n) is 9.27. The highest BCUT2D eigenvalue weighted by Gasteiger charge is 2.26. The summed E-state index contributed by atoms with van der Waals surface area (Å²) in [6.45, 7) is 6.95. The highest BCUT2D eigenvalue weighted by molar-refractivity contribution is 6.06. The van der Waals surface area contributed by atoms with Gasteiger partial charge in [-0.15, -0.1) is 0 Å². The van der Waals surface area contributed by atoms with Crippen LogP contribution in [0.2, 0.25) is 0 Å². The van der Waals surface area contributed by atoms with Gasteiger partial charge in [-0.25, -0.2) is 0 Å². The number of amides is 1. The second kappa shape index (κ2) is 9.04. The molecular weight excluding hydrogens is 394 g/mol. The largest absolute Gasteiger partial charge is 0.497 e. The van der Waals surface area contributed by atoms with Gasteiger partial charge in [0, 0.05) is 11.3 Å². The molecule has 1 N–H and O–H groups in total. The van der Waals surface area contributed by atoms with E-state index in [1.165, 1.54) is 36.0 Å². The molecule has 3 aromatic rings. The van der Waals surface area contributed by atoms with E-state index in [4.69, 9.17) is 4.74 Å². The lowest BCUT2D eigenvalue weighted by molar-refractivity contribution is 0.102. The molecule has 0 unspecified atom stereocenters. The Morgan fingerprint density at radius 1 is 0.969 bits per heavy atom. The first-order chi connectivity index (χ1) is 15.4. The minimum atomic E-state index is -0.122. The Balaban J connectivity index is 1.52. The zero-order valence-electron chi connectivity index (χ0n) is 19.4. The maximum Gasteiger partial charge on any atom is 0.255 e. The Kier molecular flexibility index (Phi) is 6.18. The number of hydrogen-bond donors (Lipinski definition) is 1. The van der Waals surface area contributed by atoms with Crippen molar-refractivity contribution >= 4 is 28.4 Å². The van der Waals surface area contributed by atoms with E-state index in [1.54, 1.807) is 7.11 Å². The zero-order chi connectivity index (χ0) is 22.7. The predicted molar refractivity (Wildman–Crippen MR) is 134 cm³/mol. The smallest absolute Gasteiger partial charge is 0.255 e. The molecule has 0 heterocycles. The standard InChI is InChI=1S/C29H31NO2/c1-20-6-5-17-29(2,3)27(20)16-8-21-7-9-23-19-24(11-10-22(23)18-21)28(31)30-25-12-14-26(32-4)15-13-25/h7-16,18-19H,5-6,17H2,1-4H3,(H,30,31). The average molecular weight is 426 g/mol. The molecule has 0 aliphatic heterocycles. The molecule has 0 bridgehead atoms. The van der Waals surface area contributed by atoms with E-state index in [-0.39, 0.29) is 11.3 Å². The molecule has 3 aromatic carbocycles. The summed E-state index contributed by atoms with van der Waals surface area (Å²) in [6.07, 6.45) is 8.23. The van der Waals surface area contributed by atoms with Crippen molar-refractivity contribution in [2.75, 3.05) is 12.4 Å². The third-order valence-corrected chi connectivity index (χ3v) is 6.46. The Bertz CT molecular complexity index is 1200. The van der Waals surface area contributed by atoms with E-state index in [0.29, 0.717) is 5.56 Å². The van der Waals surface area contributed by atoms with Gasteiger partial charge >= 0.3 is 0 Å². The molecule has 1 aliphatic rings. The van der Waals surface area contributed by atoms with E-state index in [9.17, 15) is 4.79 Å². The van der Waals surface area contributed by atoms with E-state index < -0.39 is 0 Å². The molecule has 1 aliphatic carbocycles. The Morgan fingerprint density at radius 3 is 2.41 bits per heavy atom. The van der Waals surface area contributed by atoms with Crippen molar-refractivity contribution in [2.24, 2.45) is 5.41 Å². The molecule has 164 valence electrons. The van der Waals surface area contributed by atoms with Crippen molar-refractivity contribution in [3.8, 4) is 5.75 Å². The number of rotatable bonds is 5. The van der Waals surface area contributed by atoms with E-state index in [2.05, 4.69) is 56.4 Å². The summed E-state index contributed by atoms with van der Waals surface area (Å²) in [7, 11) is 1.62. The molecule has 0 aromatic heterocycles. The van der Waals surface area contributed by atoms with Crippen LogP contribution in [0.25, 0.3) is 16.8 Å². The summed E-state index contributed by atoms with van der Waals surface area (Å²) in [5, 5.41) is 5.12. The highest BCUT2D eigenvalue weighted by atomic mass is 16.5. The van der Waals surface area contributed by atoms with Gasteiger partial charge in [0.15, 0.2) is 0 Å². The topological polar surface area (TPSA) is 38.3 Å². The summed E-state index contributed by atoms with van der Waals surface area (Å²) >= 11 is 0. The van der Waals surface area contributed by atoms with Gasteiger partial charge in [0.05, 0.1) is 7.11 Å².